The van der Waals surface area contributed by atoms with Gasteiger partial charge in [-0.15, -0.1) is 0 Å². The molecule has 26 heavy (non-hydrogen) atoms. The summed E-state index contributed by atoms with van der Waals surface area (Å²) in [5, 5.41) is -0.275. The van der Waals surface area contributed by atoms with Gasteiger partial charge in [-0.25, -0.2) is 8.42 Å². The fraction of sp³-hybridized carbons (Fsp3) is 0.350. The van der Waals surface area contributed by atoms with Crippen molar-refractivity contribution in [3.8, 4) is 16.9 Å². The molecule has 138 valence electrons. The lowest BCUT2D eigenvalue weighted by Crippen LogP contribution is -2.23. The number of sulfone groups is 1. The van der Waals surface area contributed by atoms with Crippen LogP contribution in [0.25, 0.3) is 11.1 Å². The van der Waals surface area contributed by atoms with Gasteiger partial charge in [0.1, 0.15) is 5.75 Å². The Balaban J connectivity index is 1.55. The van der Waals surface area contributed by atoms with E-state index in [0.717, 1.165) is 36.8 Å². The molecule has 3 rings (SSSR count). The molecule has 0 saturated heterocycles. The molecule has 0 aliphatic heterocycles. The molecule has 0 unspecified atom stereocenters. The van der Waals surface area contributed by atoms with Crippen molar-refractivity contribution < 1.29 is 17.9 Å². The molecule has 0 spiro atoms. The smallest absolute Gasteiger partial charge is 0.312 e. The van der Waals surface area contributed by atoms with E-state index in [4.69, 9.17) is 4.74 Å². The number of halogens is 1. The zero-order chi connectivity index (χ0) is 18.6. The van der Waals surface area contributed by atoms with Crippen molar-refractivity contribution in [1.82, 2.24) is 0 Å². The van der Waals surface area contributed by atoms with Crippen molar-refractivity contribution in [1.29, 1.82) is 0 Å². The highest BCUT2D eigenvalue weighted by molar-refractivity contribution is 14.1. The Morgan fingerprint density at radius 1 is 0.962 bits per heavy atom. The first-order chi connectivity index (χ1) is 12.4. The molecule has 0 bridgehead atoms. The maximum atomic E-state index is 12.2. The third kappa shape index (κ3) is 5.07. The van der Waals surface area contributed by atoms with Crippen LogP contribution in [-0.4, -0.2) is 25.4 Å². The first-order valence-corrected chi connectivity index (χ1v) is 11.5. The number of rotatable bonds is 6. The van der Waals surface area contributed by atoms with Gasteiger partial charge in [-0.2, -0.15) is 0 Å². The minimum Gasteiger partial charge on any atom is -0.427 e. The molecule has 1 fully saturated rings. The summed E-state index contributed by atoms with van der Waals surface area (Å²) < 4.78 is 30.9. The molecular formula is C20H21IO4S. The highest BCUT2D eigenvalue weighted by atomic mass is 127. The van der Waals surface area contributed by atoms with E-state index in [-0.39, 0.29) is 17.4 Å². The summed E-state index contributed by atoms with van der Waals surface area (Å²) >= 11 is 2.26. The van der Waals surface area contributed by atoms with Crippen molar-refractivity contribution in [2.24, 2.45) is 0 Å². The average molecular weight is 484 g/mol. The van der Waals surface area contributed by atoms with Crippen molar-refractivity contribution in [2.75, 3.05) is 5.75 Å². The number of esters is 1. The molecule has 0 atom stereocenters. The maximum absolute atomic E-state index is 12.2. The third-order valence-electron chi connectivity index (χ3n) is 4.66. The van der Waals surface area contributed by atoms with Crippen LogP contribution in [0.2, 0.25) is 0 Å². The molecule has 0 N–H and O–H groups in total. The number of hydrogen-bond donors (Lipinski definition) is 0. The summed E-state index contributed by atoms with van der Waals surface area (Å²) in [6, 6.07) is 15.4. The summed E-state index contributed by atoms with van der Waals surface area (Å²) in [4.78, 5) is 12.0. The fourth-order valence-electron chi connectivity index (χ4n) is 3.18. The SMILES string of the molecule is O=C(CCS(=O)(=O)C1CCCC1)Oc1ccc(-c2ccc(I)cc2)cc1. The van der Waals surface area contributed by atoms with Gasteiger partial charge in [0.2, 0.25) is 0 Å². The largest absolute Gasteiger partial charge is 0.427 e. The number of hydrogen-bond acceptors (Lipinski definition) is 4. The molecule has 2 aromatic rings. The summed E-state index contributed by atoms with van der Waals surface area (Å²) in [6.45, 7) is 0. The van der Waals surface area contributed by atoms with Crippen molar-refractivity contribution in [3.05, 3.63) is 52.1 Å². The van der Waals surface area contributed by atoms with Crippen LogP contribution in [0.15, 0.2) is 48.5 Å². The average Bonchev–Trinajstić information content (AvgIpc) is 3.17. The molecular weight excluding hydrogens is 463 g/mol. The van der Waals surface area contributed by atoms with E-state index in [1.165, 1.54) is 3.57 Å². The second-order valence-electron chi connectivity index (χ2n) is 6.53. The van der Waals surface area contributed by atoms with Crippen LogP contribution >= 0.6 is 22.6 Å². The topological polar surface area (TPSA) is 60.4 Å². The lowest BCUT2D eigenvalue weighted by atomic mass is 10.1. The molecule has 0 amide bonds. The van der Waals surface area contributed by atoms with Crippen LogP contribution < -0.4 is 4.74 Å². The number of ether oxygens (including phenoxy) is 1. The second-order valence-corrected chi connectivity index (χ2v) is 10.2. The molecule has 1 aliphatic carbocycles. The molecule has 0 aromatic heterocycles. The molecule has 4 nitrogen and oxygen atoms in total. The van der Waals surface area contributed by atoms with E-state index in [0.29, 0.717) is 5.75 Å². The van der Waals surface area contributed by atoms with Crippen molar-refractivity contribution >= 4 is 38.4 Å². The minimum atomic E-state index is -3.20. The Kier molecular flexibility index (Phi) is 6.34. The Bertz CT molecular complexity index is 852. The Hall–Kier alpha value is -1.41. The number of carbonyl (C=O) groups excluding carboxylic acids is 1. The third-order valence-corrected chi connectivity index (χ3v) is 7.64. The van der Waals surface area contributed by atoms with E-state index in [1.807, 2.05) is 36.4 Å². The van der Waals surface area contributed by atoms with E-state index < -0.39 is 15.8 Å². The van der Waals surface area contributed by atoms with Crippen LogP contribution in [0.5, 0.6) is 5.75 Å². The zero-order valence-electron chi connectivity index (χ0n) is 14.4. The Labute approximate surface area is 168 Å². The van der Waals surface area contributed by atoms with E-state index in [2.05, 4.69) is 22.6 Å². The van der Waals surface area contributed by atoms with Gasteiger partial charge in [0.25, 0.3) is 0 Å². The van der Waals surface area contributed by atoms with E-state index in [9.17, 15) is 13.2 Å². The quantitative estimate of drug-likeness (QED) is 0.342. The van der Waals surface area contributed by atoms with Gasteiger partial charge in [0.15, 0.2) is 9.84 Å². The van der Waals surface area contributed by atoms with Crippen molar-refractivity contribution in [3.63, 3.8) is 0 Å². The molecule has 0 radical (unpaired) electrons. The van der Waals surface area contributed by atoms with Gasteiger partial charge < -0.3 is 4.74 Å². The van der Waals surface area contributed by atoms with Crippen LogP contribution in [0.4, 0.5) is 0 Å². The summed E-state index contributed by atoms with van der Waals surface area (Å²) in [7, 11) is -3.20. The summed E-state index contributed by atoms with van der Waals surface area (Å²) in [5.74, 6) is -0.201. The van der Waals surface area contributed by atoms with E-state index in [1.54, 1.807) is 12.1 Å². The summed E-state index contributed by atoms with van der Waals surface area (Å²) in [6.07, 6.45) is 3.26. The predicted molar refractivity (Wildman–Crippen MR) is 111 cm³/mol. The van der Waals surface area contributed by atoms with Gasteiger partial charge in [0, 0.05) is 3.57 Å². The molecule has 1 aliphatic rings. The molecule has 6 heteroatoms. The first kappa shape index (κ1) is 19.4. The number of benzene rings is 2. The summed E-state index contributed by atoms with van der Waals surface area (Å²) in [5.41, 5.74) is 2.12. The molecule has 1 saturated carbocycles. The van der Waals surface area contributed by atoms with Crippen LogP contribution in [0.1, 0.15) is 32.1 Å². The van der Waals surface area contributed by atoms with Gasteiger partial charge in [-0.05, 0) is 70.8 Å². The second kappa shape index (κ2) is 8.52. The maximum Gasteiger partial charge on any atom is 0.312 e. The fourth-order valence-corrected chi connectivity index (χ4v) is 5.38. The van der Waals surface area contributed by atoms with Gasteiger partial charge in [-0.3, -0.25) is 4.79 Å². The van der Waals surface area contributed by atoms with Crippen LogP contribution in [0, 0.1) is 3.57 Å². The lowest BCUT2D eigenvalue weighted by Gasteiger charge is -2.10. The van der Waals surface area contributed by atoms with Gasteiger partial charge in [0.05, 0.1) is 17.4 Å². The molecule has 0 heterocycles. The monoisotopic (exact) mass is 484 g/mol. The van der Waals surface area contributed by atoms with Crippen LogP contribution in [-0.2, 0) is 14.6 Å². The zero-order valence-corrected chi connectivity index (χ0v) is 17.3. The highest BCUT2D eigenvalue weighted by Crippen LogP contribution is 2.26. The highest BCUT2D eigenvalue weighted by Gasteiger charge is 2.29. The van der Waals surface area contributed by atoms with Crippen LogP contribution in [0.3, 0.4) is 0 Å². The number of carbonyl (C=O) groups is 1. The standard InChI is InChI=1S/C20H21IO4S/c21-17-9-5-15(6-10-17)16-7-11-18(12-8-16)25-20(22)13-14-26(23,24)19-3-1-2-4-19/h5-12,19H,1-4,13-14H2. The normalized spacial score (nSPS) is 15.1. The van der Waals surface area contributed by atoms with E-state index >= 15 is 0 Å². The first-order valence-electron chi connectivity index (χ1n) is 8.72. The predicted octanol–water partition coefficient (Wildman–Crippen LogP) is 4.61. The van der Waals surface area contributed by atoms with Gasteiger partial charge in [-0.1, -0.05) is 37.1 Å². The minimum absolute atomic E-state index is 0.0995. The van der Waals surface area contributed by atoms with Crippen molar-refractivity contribution in [2.45, 2.75) is 37.4 Å². The Morgan fingerprint density at radius 2 is 1.50 bits per heavy atom. The lowest BCUT2D eigenvalue weighted by molar-refractivity contribution is -0.133. The molecule has 2 aromatic carbocycles. The Morgan fingerprint density at radius 3 is 2.08 bits per heavy atom. The van der Waals surface area contributed by atoms with Gasteiger partial charge >= 0.3 is 5.97 Å².